The van der Waals surface area contributed by atoms with Crippen molar-refractivity contribution >= 4 is 37.9 Å². The summed E-state index contributed by atoms with van der Waals surface area (Å²) < 4.78 is 32.6. The first-order valence-electron chi connectivity index (χ1n) is 7.81. The van der Waals surface area contributed by atoms with Gasteiger partial charge in [0.25, 0.3) is 0 Å². The van der Waals surface area contributed by atoms with Crippen molar-refractivity contribution in [1.82, 2.24) is 14.2 Å². The second-order valence-corrected chi connectivity index (χ2v) is 10.5. The summed E-state index contributed by atoms with van der Waals surface area (Å²) >= 11 is 3.21. The van der Waals surface area contributed by atoms with Crippen molar-refractivity contribution in [3.8, 4) is 0 Å². The Morgan fingerprint density at radius 3 is 2.48 bits per heavy atom. The Bertz CT molecular complexity index is 807. The number of likely N-dealkylation sites (tertiary alicyclic amines) is 1. The number of ether oxygens (including phenoxy) is 1. The summed E-state index contributed by atoms with van der Waals surface area (Å²) in [6.07, 6.45) is 1.09. The fourth-order valence-corrected chi connectivity index (χ4v) is 5.31. The van der Waals surface area contributed by atoms with E-state index in [-0.39, 0.29) is 22.2 Å². The zero-order valence-electron chi connectivity index (χ0n) is 14.3. The highest BCUT2D eigenvalue weighted by Gasteiger charge is 2.57. The van der Waals surface area contributed by atoms with Gasteiger partial charge in [0.1, 0.15) is 16.3 Å². The maximum absolute atomic E-state index is 12.7. The molecule has 1 aromatic heterocycles. The summed E-state index contributed by atoms with van der Waals surface area (Å²) in [5.41, 5.74) is 5.00. The minimum atomic E-state index is -3.69. The molecule has 0 unspecified atom stereocenters. The number of hydrogen-bond acceptors (Lipinski definition) is 6. The maximum Gasteiger partial charge on any atom is 0.410 e. The van der Waals surface area contributed by atoms with Crippen molar-refractivity contribution in [2.45, 2.75) is 31.3 Å². The Morgan fingerprint density at radius 1 is 1.32 bits per heavy atom. The summed E-state index contributed by atoms with van der Waals surface area (Å²) in [6, 6.07) is 1.45. The van der Waals surface area contributed by atoms with Gasteiger partial charge in [0, 0.05) is 42.3 Å². The van der Waals surface area contributed by atoms with Crippen molar-refractivity contribution < 1.29 is 17.9 Å². The van der Waals surface area contributed by atoms with E-state index in [2.05, 4.69) is 20.9 Å². The molecule has 3 heterocycles. The number of hydrogen-bond donors (Lipinski definition) is 1. The first-order chi connectivity index (χ1) is 11.4. The number of aromatic nitrogens is 1. The smallest absolute Gasteiger partial charge is 0.410 e. The van der Waals surface area contributed by atoms with Crippen LogP contribution in [0.15, 0.2) is 21.6 Å². The summed E-state index contributed by atoms with van der Waals surface area (Å²) in [5, 5.41) is 0. The summed E-state index contributed by atoms with van der Waals surface area (Å²) in [6.45, 7) is 7.17. The molecular formula is C15H21BrN4O4S. The zero-order chi connectivity index (χ0) is 18.6. The van der Waals surface area contributed by atoms with Crippen LogP contribution < -0.4 is 5.73 Å². The Morgan fingerprint density at radius 2 is 1.92 bits per heavy atom. The van der Waals surface area contributed by atoms with Crippen molar-refractivity contribution in [3.63, 3.8) is 0 Å². The lowest BCUT2D eigenvalue weighted by molar-refractivity contribution is -0.0839. The van der Waals surface area contributed by atoms with Crippen molar-refractivity contribution in [2.75, 3.05) is 31.9 Å². The van der Waals surface area contributed by atoms with Crippen LogP contribution in [0.3, 0.4) is 0 Å². The van der Waals surface area contributed by atoms with E-state index in [0.29, 0.717) is 30.7 Å². The van der Waals surface area contributed by atoms with E-state index < -0.39 is 15.6 Å². The van der Waals surface area contributed by atoms with Crippen LogP contribution in [0.25, 0.3) is 0 Å². The highest BCUT2D eigenvalue weighted by atomic mass is 79.9. The number of rotatable bonds is 2. The summed E-state index contributed by atoms with van der Waals surface area (Å²) in [7, 11) is -3.69. The van der Waals surface area contributed by atoms with Gasteiger partial charge in [-0.05, 0) is 42.8 Å². The van der Waals surface area contributed by atoms with E-state index in [9.17, 15) is 13.2 Å². The van der Waals surface area contributed by atoms with Crippen LogP contribution in [0.1, 0.15) is 20.8 Å². The van der Waals surface area contributed by atoms with E-state index in [0.717, 1.165) is 0 Å². The molecule has 25 heavy (non-hydrogen) atoms. The first kappa shape index (κ1) is 18.4. The van der Waals surface area contributed by atoms with Gasteiger partial charge in [-0.2, -0.15) is 4.31 Å². The highest BCUT2D eigenvalue weighted by molar-refractivity contribution is 9.10. The van der Waals surface area contributed by atoms with E-state index in [1.165, 1.54) is 16.6 Å². The number of sulfonamides is 1. The number of nitrogens with zero attached hydrogens (tertiary/aromatic N) is 3. The second-order valence-electron chi connectivity index (χ2n) is 7.65. The van der Waals surface area contributed by atoms with Gasteiger partial charge in [-0.1, -0.05) is 0 Å². The van der Waals surface area contributed by atoms with E-state index in [1.54, 1.807) is 4.90 Å². The van der Waals surface area contributed by atoms with Crippen LogP contribution in [0.5, 0.6) is 0 Å². The third-order valence-electron chi connectivity index (χ3n) is 4.19. The van der Waals surface area contributed by atoms with Crippen LogP contribution in [-0.2, 0) is 14.8 Å². The van der Waals surface area contributed by atoms with Crippen LogP contribution in [-0.4, -0.2) is 60.5 Å². The molecule has 3 rings (SSSR count). The summed E-state index contributed by atoms with van der Waals surface area (Å²) in [5.74, 6) is -0.0202. The van der Waals surface area contributed by atoms with Gasteiger partial charge in [-0.15, -0.1) is 0 Å². The molecular weight excluding hydrogens is 412 g/mol. The molecule has 0 aliphatic carbocycles. The fourth-order valence-electron chi connectivity index (χ4n) is 3.07. The lowest BCUT2D eigenvalue weighted by Gasteiger charge is -2.58. The monoisotopic (exact) mass is 432 g/mol. The number of amides is 1. The maximum atomic E-state index is 12.7. The van der Waals surface area contributed by atoms with Gasteiger partial charge in [-0.25, -0.2) is 18.2 Å². The quantitative estimate of drug-likeness (QED) is 0.761. The normalized spacial score (nSPS) is 20.1. The van der Waals surface area contributed by atoms with Crippen molar-refractivity contribution in [3.05, 3.63) is 16.7 Å². The van der Waals surface area contributed by atoms with Crippen LogP contribution >= 0.6 is 15.9 Å². The van der Waals surface area contributed by atoms with Gasteiger partial charge in [0.05, 0.1) is 0 Å². The number of pyridine rings is 1. The molecule has 0 saturated carbocycles. The molecule has 1 aromatic rings. The SMILES string of the molecule is CC(C)(C)OC(=O)N1CC2(C1)CN(S(=O)(=O)c1cc(Br)cnc1N)C2. The van der Waals surface area contributed by atoms with E-state index >= 15 is 0 Å². The zero-order valence-corrected chi connectivity index (χ0v) is 16.7. The van der Waals surface area contributed by atoms with Crippen molar-refractivity contribution in [1.29, 1.82) is 0 Å². The van der Waals surface area contributed by atoms with Gasteiger partial charge in [-0.3, -0.25) is 0 Å². The Hall–Kier alpha value is -1.39. The number of anilines is 1. The molecule has 0 radical (unpaired) electrons. The Kier molecular flexibility index (Phi) is 4.28. The van der Waals surface area contributed by atoms with Gasteiger partial charge >= 0.3 is 6.09 Å². The molecule has 2 saturated heterocycles. The van der Waals surface area contributed by atoms with Crippen LogP contribution in [0.2, 0.25) is 0 Å². The van der Waals surface area contributed by atoms with Gasteiger partial charge in [0.2, 0.25) is 10.0 Å². The molecule has 10 heteroatoms. The third kappa shape index (κ3) is 3.47. The third-order valence-corrected chi connectivity index (χ3v) is 6.45. The molecule has 2 aliphatic heterocycles. The predicted octanol–water partition coefficient (Wildman–Crippen LogP) is 1.67. The molecule has 0 bridgehead atoms. The molecule has 0 aromatic carbocycles. The van der Waals surface area contributed by atoms with Crippen LogP contribution in [0.4, 0.5) is 10.6 Å². The molecule has 0 atom stereocenters. The van der Waals surface area contributed by atoms with Crippen LogP contribution in [0, 0.1) is 5.41 Å². The highest BCUT2D eigenvalue weighted by Crippen LogP contribution is 2.43. The number of nitrogens with two attached hydrogens (primary N) is 1. The molecule has 1 amide bonds. The molecule has 138 valence electrons. The molecule has 2 aliphatic rings. The van der Waals surface area contributed by atoms with E-state index in [1.807, 2.05) is 20.8 Å². The van der Waals surface area contributed by atoms with Gasteiger partial charge in [0.15, 0.2) is 0 Å². The average Bonchev–Trinajstić information content (AvgIpc) is 2.35. The minimum Gasteiger partial charge on any atom is -0.444 e. The second kappa shape index (κ2) is 5.82. The Balaban J connectivity index is 1.62. The number of halogens is 1. The average molecular weight is 433 g/mol. The van der Waals surface area contributed by atoms with E-state index in [4.69, 9.17) is 10.5 Å². The lowest BCUT2D eigenvalue weighted by Crippen LogP contribution is -2.73. The minimum absolute atomic E-state index is 0.0000434. The Labute approximate surface area is 155 Å². The molecule has 2 N–H and O–H groups in total. The predicted molar refractivity (Wildman–Crippen MR) is 95.3 cm³/mol. The first-order valence-corrected chi connectivity index (χ1v) is 10.0. The molecule has 8 nitrogen and oxygen atoms in total. The fraction of sp³-hybridized carbons (Fsp3) is 0.600. The molecule has 2 fully saturated rings. The molecule has 1 spiro atoms. The summed E-state index contributed by atoms with van der Waals surface area (Å²) in [4.78, 5) is 17.5. The van der Waals surface area contributed by atoms with Gasteiger partial charge < -0.3 is 15.4 Å². The number of carbonyl (C=O) groups excluding carboxylic acids is 1. The topological polar surface area (TPSA) is 106 Å². The number of carbonyl (C=O) groups is 1. The van der Waals surface area contributed by atoms with Crippen molar-refractivity contribution in [2.24, 2.45) is 5.41 Å². The standard InChI is InChI=1S/C15H21BrN4O4S/c1-14(2,3)24-13(21)19-6-15(7-19)8-20(9-15)25(22,23)11-4-10(16)5-18-12(11)17/h4-5H,6-9H2,1-3H3,(H2,17,18). The number of nitrogen functional groups attached to an aromatic ring is 1. The lowest BCUT2D eigenvalue weighted by atomic mass is 9.75. The largest absolute Gasteiger partial charge is 0.444 e.